The summed E-state index contributed by atoms with van der Waals surface area (Å²) in [5, 5.41) is 0. The summed E-state index contributed by atoms with van der Waals surface area (Å²) >= 11 is 0. The van der Waals surface area contributed by atoms with Gasteiger partial charge in [-0.1, -0.05) is 0 Å². The summed E-state index contributed by atoms with van der Waals surface area (Å²) in [5.41, 5.74) is 4.93. The van der Waals surface area contributed by atoms with E-state index in [1.165, 1.54) is 0 Å². The van der Waals surface area contributed by atoms with E-state index >= 15 is 0 Å². The molecule has 0 bridgehead atoms. The van der Waals surface area contributed by atoms with Gasteiger partial charge in [-0.15, -0.1) is 12.4 Å². The summed E-state index contributed by atoms with van der Waals surface area (Å²) in [5.74, 6) is -0.108. The van der Waals surface area contributed by atoms with Crippen molar-refractivity contribution >= 4 is 22.5 Å². The van der Waals surface area contributed by atoms with Crippen LogP contribution >= 0.6 is 12.4 Å². The fourth-order valence-electron chi connectivity index (χ4n) is 0.228. The molecule has 0 aliphatic rings. The average Bonchev–Trinajstić information content (AvgIpc) is 1.67. The minimum Gasteiger partial charge on any atom is -0.329 e. The molecule has 0 unspecified atom stereocenters. The number of hydrogen-bond acceptors (Lipinski definition) is 4. The third kappa shape index (κ3) is 6.04. The zero-order chi connectivity index (χ0) is 6.62. The molecule has 0 saturated heterocycles. The summed E-state index contributed by atoms with van der Waals surface area (Å²) in [4.78, 5) is 0. The second kappa shape index (κ2) is 4.99. The maximum atomic E-state index is 10.3. The lowest BCUT2D eigenvalue weighted by molar-refractivity contribution is 0.398. The molecule has 0 aliphatic carbocycles. The van der Waals surface area contributed by atoms with Crippen LogP contribution in [0, 0.1) is 0 Å². The van der Waals surface area contributed by atoms with E-state index in [2.05, 4.69) is 4.18 Å². The van der Waals surface area contributed by atoms with Gasteiger partial charge in [-0.25, -0.2) is 0 Å². The highest BCUT2D eigenvalue weighted by Crippen LogP contribution is 1.85. The van der Waals surface area contributed by atoms with Crippen LogP contribution in [-0.4, -0.2) is 27.8 Å². The predicted molar refractivity (Wildman–Crippen MR) is 37.1 cm³/mol. The van der Waals surface area contributed by atoms with Gasteiger partial charge < -0.3 is 5.73 Å². The Hall–Kier alpha value is 0.160. The first kappa shape index (κ1) is 11.9. The zero-order valence-corrected chi connectivity index (χ0v) is 6.67. The molecule has 0 amide bonds. The molecule has 0 aromatic rings. The summed E-state index contributed by atoms with van der Waals surface area (Å²) in [6.07, 6.45) is 0. The molecule has 0 aliphatic heterocycles. The normalized spacial score (nSPS) is 10.4. The Morgan fingerprint density at radius 1 is 1.56 bits per heavy atom. The van der Waals surface area contributed by atoms with E-state index in [4.69, 9.17) is 5.73 Å². The second-order valence-electron chi connectivity index (χ2n) is 1.22. The molecule has 0 atom stereocenters. The molecule has 0 rings (SSSR count). The predicted octanol–water partition coefficient (Wildman–Crippen LogP) is -0.657. The standard InChI is InChI=1S/C3H9NO3S.ClH/c1-7-8(5,6)3-2-4;/h2-4H2,1H3;1H. The molecule has 0 fully saturated rings. The Labute approximate surface area is 60.9 Å². The van der Waals surface area contributed by atoms with Gasteiger partial charge in [0.05, 0.1) is 12.9 Å². The van der Waals surface area contributed by atoms with E-state index in [1.54, 1.807) is 0 Å². The van der Waals surface area contributed by atoms with E-state index in [-0.39, 0.29) is 24.7 Å². The van der Waals surface area contributed by atoms with Crippen molar-refractivity contribution in [1.29, 1.82) is 0 Å². The van der Waals surface area contributed by atoms with Crippen molar-refractivity contribution in [3.63, 3.8) is 0 Å². The Balaban J connectivity index is 0. The Kier molecular flexibility index (Phi) is 6.59. The van der Waals surface area contributed by atoms with Gasteiger partial charge in [0.1, 0.15) is 0 Å². The molecule has 58 valence electrons. The third-order valence-corrected chi connectivity index (χ3v) is 1.87. The second-order valence-corrected chi connectivity index (χ2v) is 3.07. The Morgan fingerprint density at radius 3 is 2.11 bits per heavy atom. The van der Waals surface area contributed by atoms with Crippen LogP contribution in [0.2, 0.25) is 0 Å². The third-order valence-electron chi connectivity index (χ3n) is 0.622. The molecule has 4 nitrogen and oxygen atoms in total. The lowest BCUT2D eigenvalue weighted by atomic mass is 10.8. The summed E-state index contributed by atoms with van der Waals surface area (Å²) in [6.45, 7) is 0.107. The van der Waals surface area contributed by atoms with Gasteiger partial charge in [0.25, 0.3) is 10.1 Å². The number of hydrogen-bond donors (Lipinski definition) is 1. The van der Waals surface area contributed by atoms with Crippen molar-refractivity contribution in [3.05, 3.63) is 0 Å². The lowest BCUT2D eigenvalue weighted by Crippen LogP contribution is -2.16. The number of halogens is 1. The molecule has 0 spiro atoms. The maximum Gasteiger partial charge on any atom is 0.268 e. The van der Waals surface area contributed by atoms with Gasteiger partial charge in [-0.3, -0.25) is 4.18 Å². The van der Waals surface area contributed by atoms with E-state index in [9.17, 15) is 8.42 Å². The Bertz CT molecular complexity index is 143. The number of nitrogens with two attached hydrogens (primary N) is 1. The minimum atomic E-state index is -3.29. The lowest BCUT2D eigenvalue weighted by Gasteiger charge is -1.94. The number of rotatable bonds is 3. The van der Waals surface area contributed by atoms with Crippen molar-refractivity contribution in [3.8, 4) is 0 Å². The molecule has 2 N–H and O–H groups in total. The fraction of sp³-hybridized carbons (Fsp3) is 1.00. The maximum absolute atomic E-state index is 10.3. The van der Waals surface area contributed by atoms with E-state index < -0.39 is 10.1 Å². The highest BCUT2D eigenvalue weighted by atomic mass is 35.5. The molecule has 9 heavy (non-hydrogen) atoms. The SMILES string of the molecule is COS(=O)(=O)CCN.Cl. The van der Waals surface area contributed by atoms with Crippen LogP contribution in [-0.2, 0) is 14.3 Å². The van der Waals surface area contributed by atoms with E-state index in [1.807, 2.05) is 0 Å². The van der Waals surface area contributed by atoms with Gasteiger partial charge in [-0.05, 0) is 0 Å². The van der Waals surface area contributed by atoms with Crippen molar-refractivity contribution in [2.75, 3.05) is 19.4 Å². The van der Waals surface area contributed by atoms with Gasteiger partial charge >= 0.3 is 0 Å². The van der Waals surface area contributed by atoms with Crippen molar-refractivity contribution < 1.29 is 12.6 Å². The quantitative estimate of drug-likeness (QED) is 0.579. The topological polar surface area (TPSA) is 69.4 Å². The van der Waals surface area contributed by atoms with Gasteiger partial charge in [0, 0.05) is 6.54 Å². The van der Waals surface area contributed by atoms with Crippen LogP contribution in [0.3, 0.4) is 0 Å². The highest BCUT2D eigenvalue weighted by Gasteiger charge is 2.03. The summed E-state index contributed by atoms with van der Waals surface area (Å²) < 4.78 is 24.7. The Morgan fingerprint density at radius 2 is 2.00 bits per heavy atom. The monoisotopic (exact) mass is 175 g/mol. The van der Waals surface area contributed by atoms with Crippen LogP contribution in [0.5, 0.6) is 0 Å². The highest BCUT2D eigenvalue weighted by molar-refractivity contribution is 7.86. The molecule has 0 radical (unpaired) electrons. The molecule has 0 aromatic heterocycles. The first-order chi connectivity index (χ1) is 3.62. The van der Waals surface area contributed by atoms with Gasteiger partial charge in [0.15, 0.2) is 0 Å². The van der Waals surface area contributed by atoms with Crippen LogP contribution in [0.15, 0.2) is 0 Å². The summed E-state index contributed by atoms with van der Waals surface area (Å²) in [6, 6.07) is 0. The van der Waals surface area contributed by atoms with Crippen LogP contribution in [0.25, 0.3) is 0 Å². The fourth-order valence-corrected chi connectivity index (χ4v) is 0.683. The van der Waals surface area contributed by atoms with E-state index in [0.717, 1.165) is 7.11 Å². The van der Waals surface area contributed by atoms with Gasteiger partial charge in [-0.2, -0.15) is 8.42 Å². The first-order valence-electron chi connectivity index (χ1n) is 2.11. The van der Waals surface area contributed by atoms with E-state index in [0.29, 0.717) is 0 Å². The molecule has 0 saturated carbocycles. The van der Waals surface area contributed by atoms with Crippen molar-refractivity contribution in [1.82, 2.24) is 0 Å². The molecule has 0 heterocycles. The van der Waals surface area contributed by atoms with Crippen molar-refractivity contribution in [2.24, 2.45) is 5.73 Å². The molecular weight excluding hydrogens is 166 g/mol. The average molecular weight is 176 g/mol. The smallest absolute Gasteiger partial charge is 0.268 e. The van der Waals surface area contributed by atoms with Crippen molar-refractivity contribution in [2.45, 2.75) is 0 Å². The molecule has 6 heteroatoms. The van der Waals surface area contributed by atoms with Crippen LogP contribution < -0.4 is 5.73 Å². The summed E-state index contributed by atoms with van der Waals surface area (Å²) in [7, 11) is -2.18. The molecular formula is C3H10ClNO3S. The first-order valence-corrected chi connectivity index (χ1v) is 3.68. The molecule has 0 aromatic carbocycles. The minimum absolute atomic E-state index is 0. The van der Waals surface area contributed by atoms with Gasteiger partial charge in [0.2, 0.25) is 0 Å². The largest absolute Gasteiger partial charge is 0.329 e. The van der Waals surface area contributed by atoms with Crippen LogP contribution in [0.1, 0.15) is 0 Å². The van der Waals surface area contributed by atoms with Crippen LogP contribution in [0.4, 0.5) is 0 Å². The zero-order valence-electron chi connectivity index (χ0n) is 5.03.